The highest BCUT2D eigenvalue weighted by Crippen LogP contribution is 2.14. The van der Waals surface area contributed by atoms with Crippen LogP contribution in [-0.4, -0.2) is 36.8 Å². The zero-order valence-electron chi connectivity index (χ0n) is 10.4. The van der Waals surface area contributed by atoms with E-state index in [1.54, 1.807) is 18.2 Å². The number of hydrogen-bond acceptors (Lipinski definition) is 3. The Kier molecular flexibility index (Phi) is 5.13. The van der Waals surface area contributed by atoms with Crippen molar-refractivity contribution in [2.75, 3.05) is 19.4 Å². The van der Waals surface area contributed by atoms with Crippen LogP contribution in [0.15, 0.2) is 24.3 Å². The van der Waals surface area contributed by atoms with Gasteiger partial charge in [-0.15, -0.1) is 0 Å². The van der Waals surface area contributed by atoms with E-state index in [4.69, 9.17) is 11.6 Å². The molecule has 4 amide bonds. The van der Waals surface area contributed by atoms with Gasteiger partial charge in [-0.25, -0.2) is 10.2 Å². The van der Waals surface area contributed by atoms with Gasteiger partial charge in [0.15, 0.2) is 0 Å². The minimum absolute atomic E-state index is 0.381. The average molecular weight is 285 g/mol. The first-order valence-electron chi connectivity index (χ1n) is 5.24. The topological polar surface area (TPSA) is 90.5 Å². The zero-order valence-corrected chi connectivity index (χ0v) is 11.1. The Morgan fingerprint density at radius 3 is 2.37 bits per heavy atom. The highest BCUT2D eigenvalue weighted by Gasteiger charge is 2.14. The molecular formula is C11H13ClN4O3. The first kappa shape index (κ1) is 14.8. The number of benzene rings is 1. The highest BCUT2D eigenvalue weighted by atomic mass is 35.5. The average Bonchev–Trinajstić information content (AvgIpc) is 2.35. The summed E-state index contributed by atoms with van der Waals surface area (Å²) < 4.78 is 0. The predicted molar refractivity (Wildman–Crippen MR) is 70.4 cm³/mol. The Hall–Kier alpha value is -2.28. The second-order valence-electron chi connectivity index (χ2n) is 3.74. The lowest BCUT2D eigenvalue weighted by Gasteiger charge is -2.12. The quantitative estimate of drug-likeness (QED) is 0.520. The van der Waals surface area contributed by atoms with Gasteiger partial charge in [-0.2, -0.15) is 0 Å². The van der Waals surface area contributed by atoms with E-state index in [2.05, 4.69) is 10.7 Å². The van der Waals surface area contributed by atoms with Crippen molar-refractivity contribution in [2.45, 2.75) is 0 Å². The maximum Gasteiger partial charge on any atom is 0.335 e. The molecule has 1 aromatic carbocycles. The molecular weight excluding hydrogens is 272 g/mol. The third kappa shape index (κ3) is 4.84. The minimum Gasteiger partial charge on any atom is -0.330 e. The number of nitrogens with one attached hydrogen (secondary N) is 3. The molecule has 0 unspecified atom stereocenters. The van der Waals surface area contributed by atoms with E-state index < -0.39 is 17.8 Å². The van der Waals surface area contributed by atoms with Gasteiger partial charge in [0, 0.05) is 24.8 Å². The van der Waals surface area contributed by atoms with Crippen molar-refractivity contribution in [1.82, 2.24) is 15.8 Å². The van der Waals surface area contributed by atoms with Crippen molar-refractivity contribution in [3.8, 4) is 0 Å². The van der Waals surface area contributed by atoms with Crippen LogP contribution in [0.3, 0.4) is 0 Å². The van der Waals surface area contributed by atoms with Crippen LogP contribution < -0.4 is 16.2 Å². The Morgan fingerprint density at radius 1 is 1.11 bits per heavy atom. The fourth-order valence-corrected chi connectivity index (χ4v) is 1.22. The molecule has 0 atom stereocenters. The van der Waals surface area contributed by atoms with Crippen LogP contribution >= 0.6 is 11.6 Å². The molecule has 3 N–H and O–H groups in total. The number of rotatable bonds is 1. The van der Waals surface area contributed by atoms with E-state index in [0.717, 1.165) is 0 Å². The van der Waals surface area contributed by atoms with Crippen molar-refractivity contribution in [1.29, 1.82) is 0 Å². The molecule has 7 nitrogen and oxygen atoms in total. The maximum atomic E-state index is 11.5. The summed E-state index contributed by atoms with van der Waals surface area (Å²) in [6.07, 6.45) is 0. The van der Waals surface area contributed by atoms with Crippen LogP contribution in [0, 0.1) is 0 Å². The summed E-state index contributed by atoms with van der Waals surface area (Å²) in [4.78, 5) is 35.2. The number of hydrazine groups is 1. The Bertz CT molecular complexity index is 504. The lowest BCUT2D eigenvalue weighted by molar-refractivity contribution is -0.136. The van der Waals surface area contributed by atoms with Gasteiger partial charge in [0.25, 0.3) is 0 Å². The largest absolute Gasteiger partial charge is 0.335 e. The molecule has 0 saturated heterocycles. The lowest BCUT2D eigenvalue weighted by Crippen LogP contribution is -2.49. The normalized spacial score (nSPS) is 9.42. The summed E-state index contributed by atoms with van der Waals surface area (Å²) in [5, 5.41) is 2.76. The van der Waals surface area contributed by atoms with Crippen LogP contribution in [0.4, 0.5) is 10.5 Å². The fourth-order valence-electron chi connectivity index (χ4n) is 1.03. The summed E-state index contributed by atoms with van der Waals surface area (Å²) in [6, 6.07) is 5.78. The van der Waals surface area contributed by atoms with Gasteiger partial charge >= 0.3 is 17.8 Å². The molecule has 0 aliphatic rings. The summed E-state index contributed by atoms with van der Waals surface area (Å²) >= 11 is 5.73. The molecule has 0 spiro atoms. The maximum absolute atomic E-state index is 11.5. The number of hydrogen-bond donors (Lipinski definition) is 3. The molecule has 19 heavy (non-hydrogen) atoms. The van der Waals surface area contributed by atoms with Crippen molar-refractivity contribution < 1.29 is 14.4 Å². The number of amides is 4. The predicted octanol–water partition coefficient (Wildman–Crippen LogP) is 0.581. The molecule has 1 aromatic rings. The Labute approximate surface area is 114 Å². The molecule has 0 saturated carbocycles. The fraction of sp³-hybridized carbons (Fsp3) is 0.182. The van der Waals surface area contributed by atoms with Crippen molar-refractivity contribution >= 4 is 35.1 Å². The van der Waals surface area contributed by atoms with Crippen LogP contribution in [0.5, 0.6) is 0 Å². The smallest absolute Gasteiger partial charge is 0.330 e. The second kappa shape index (κ2) is 6.60. The molecule has 0 aliphatic heterocycles. The molecule has 0 aromatic heterocycles. The number of carbonyl (C=O) groups excluding carboxylic acids is 3. The molecule has 8 heteroatoms. The van der Waals surface area contributed by atoms with E-state index in [-0.39, 0.29) is 0 Å². The van der Waals surface area contributed by atoms with Gasteiger partial charge in [-0.3, -0.25) is 15.0 Å². The summed E-state index contributed by atoms with van der Waals surface area (Å²) in [5.74, 6) is -1.91. The molecule has 0 radical (unpaired) electrons. The van der Waals surface area contributed by atoms with E-state index >= 15 is 0 Å². The van der Waals surface area contributed by atoms with Crippen molar-refractivity contribution in [2.24, 2.45) is 0 Å². The van der Waals surface area contributed by atoms with Crippen LogP contribution in [0.1, 0.15) is 0 Å². The minimum atomic E-state index is -0.991. The molecule has 0 bridgehead atoms. The van der Waals surface area contributed by atoms with Crippen LogP contribution in [-0.2, 0) is 9.59 Å². The third-order valence-electron chi connectivity index (χ3n) is 1.98. The number of carbonyl (C=O) groups is 3. The van der Waals surface area contributed by atoms with Gasteiger partial charge in [0.1, 0.15) is 0 Å². The first-order valence-corrected chi connectivity index (χ1v) is 5.62. The Balaban J connectivity index is 2.50. The first-order chi connectivity index (χ1) is 8.90. The number of halogens is 1. The summed E-state index contributed by atoms with van der Waals surface area (Å²) in [6.45, 7) is 0. The molecule has 102 valence electrons. The monoisotopic (exact) mass is 284 g/mol. The van der Waals surface area contributed by atoms with E-state index in [1.807, 2.05) is 5.43 Å². The van der Waals surface area contributed by atoms with Gasteiger partial charge in [-0.05, 0) is 18.2 Å². The summed E-state index contributed by atoms with van der Waals surface area (Å²) in [7, 11) is 2.99. The zero-order chi connectivity index (χ0) is 14.4. The van der Waals surface area contributed by atoms with Crippen LogP contribution in [0.25, 0.3) is 0 Å². The molecule has 0 fully saturated rings. The third-order valence-corrected chi connectivity index (χ3v) is 2.21. The van der Waals surface area contributed by atoms with E-state index in [0.29, 0.717) is 10.7 Å². The summed E-state index contributed by atoms with van der Waals surface area (Å²) in [5.41, 5.74) is 4.41. The number of nitrogens with zero attached hydrogens (tertiary/aromatic N) is 1. The van der Waals surface area contributed by atoms with Gasteiger partial charge in [0.2, 0.25) is 0 Å². The SMILES string of the molecule is CN(C)C(=O)NNC(=O)C(=O)Nc1cccc(Cl)c1. The van der Waals surface area contributed by atoms with E-state index in [9.17, 15) is 14.4 Å². The number of urea groups is 1. The molecule has 0 aliphatic carbocycles. The van der Waals surface area contributed by atoms with Crippen molar-refractivity contribution in [3.05, 3.63) is 29.3 Å². The van der Waals surface area contributed by atoms with Crippen LogP contribution in [0.2, 0.25) is 5.02 Å². The van der Waals surface area contributed by atoms with Gasteiger partial charge in [0.05, 0.1) is 0 Å². The van der Waals surface area contributed by atoms with Gasteiger partial charge in [-0.1, -0.05) is 17.7 Å². The molecule has 1 rings (SSSR count). The lowest BCUT2D eigenvalue weighted by atomic mass is 10.3. The van der Waals surface area contributed by atoms with E-state index in [1.165, 1.54) is 25.1 Å². The highest BCUT2D eigenvalue weighted by molar-refractivity contribution is 6.39. The van der Waals surface area contributed by atoms with Gasteiger partial charge < -0.3 is 10.2 Å². The number of anilines is 1. The Morgan fingerprint density at radius 2 is 1.79 bits per heavy atom. The second-order valence-corrected chi connectivity index (χ2v) is 4.18. The van der Waals surface area contributed by atoms with Crippen molar-refractivity contribution in [3.63, 3.8) is 0 Å². The molecule has 0 heterocycles. The standard InChI is InChI=1S/C11H13ClN4O3/c1-16(2)11(19)15-14-10(18)9(17)13-8-5-3-4-7(12)6-8/h3-6H,1-2H3,(H,13,17)(H,14,18)(H,15,19).